The molecule has 0 atom stereocenters. The summed E-state index contributed by atoms with van der Waals surface area (Å²) in [5, 5.41) is 7.60. The third kappa shape index (κ3) is 5.83. The molecule has 0 unspecified atom stereocenters. The monoisotopic (exact) mass is 894 g/mol. The lowest BCUT2D eigenvalue weighted by Gasteiger charge is -2.13. The Morgan fingerprint density at radius 3 is 1.06 bits per heavy atom. The lowest BCUT2D eigenvalue weighted by molar-refractivity contribution is 0.888. The zero-order valence-corrected chi connectivity index (χ0v) is 38.6. The summed E-state index contributed by atoms with van der Waals surface area (Å²) in [6.45, 7) is 0. The van der Waals surface area contributed by atoms with Gasteiger partial charge in [-0.1, -0.05) is 127 Å². The molecular formula is C66H46N4. The van der Waals surface area contributed by atoms with Crippen molar-refractivity contribution in [1.29, 1.82) is 0 Å². The number of fused-ring (bicyclic) bond motifs is 12. The second-order valence-corrected chi connectivity index (χ2v) is 19.1. The van der Waals surface area contributed by atoms with Gasteiger partial charge in [-0.3, -0.25) is 0 Å². The fraction of sp³-hybridized carbons (Fsp3) is 0.0606. The van der Waals surface area contributed by atoms with Gasteiger partial charge in [0.1, 0.15) is 0 Å². The van der Waals surface area contributed by atoms with Crippen molar-refractivity contribution >= 4 is 77.6 Å². The van der Waals surface area contributed by atoms with Crippen molar-refractivity contribution in [2.45, 2.75) is 25.7 Å². The molecule has 70 heavy (non-hydrogen) atoms. The molecule has 4 heteroatoms. The van der Waals surface area contributed by atoms with Crippen molar-refractivity contribution in [2.24, 2.45) is 0 Å². The highest BCUT2D eigenvalue weighted by molar-refractivity contribution is 6.12. The van der Waals surface area contributed by atoms with Gasteiger partial charge in [0, 0.05) is 77.6 Å². The van der Waals surface area contributed by atoms with E-state index in [2.05, 4.69) is 249 Å². The van der Waals surface area contributed by atoms with Gasteiger partial charge >= 0.3 is 0 Å². The fourth-order valence-corrected chi connectivity index (χ4v) is 12.2. The van der Waals surface area contributed by atoms with Crippen LogP contribution in [0.25, 0.3) is 123 Å². The minimum atomic E-state index is 1.04. The maximum absolute atomic E-state index is 2.47. The molecule has 2 aliphatic carbocycles. The molecule has 0 bridgehead atoms. The van der Waals surface area contributed by atoms with Crippen molar-refractivity contribution in [3.63, 3.8) is 0 Å². The molecule has 15 rings (SSSR count). The summed E-state index contributed by atoms with van der Waals surface area (Å²) in [6.07, 6.45) is 13.5. The van der Waals surface area contributed by atoms with Crippen LogP contribution in [0.3, 0.4) is 0 Å². The lowest BCUT2D eigenvalue weighted by Crippen LogP contribution is -2.02. The molecular weight excluding hydrogens is 849 g/mol. The summed E-state index contributed by atoms with van der Waals surface area (Å²) in [6, 6.07) is 76.6. The molecule has 13 aromatic rings. The zero-order chi connectivity index (χ0) is 45.9. The molecule has 0 N–H and O–H groups in total. The molecule has 0 amide bonds. The first kappa shape index (κ1) is 39.2. The van der Waals surface area contributed by atoms with Crippen LogP contribution in [0, 0.1) is 0 Å². The van der Waals surface area contributed by atoms with E-state index in [0.29, 0.717) is 0 Å². The highest BCUT2D eigenvalue weighted by atomic mass is 15.0. The SMILES string of the molecule is C1=Cc2c(n(-c3ccccc3)c3ccc(-c4ccc5c(c4)c4ccccc4n5-c4cccc(-n5c6ccccc6c6cc(-c7ccc8c(c7)c7c(n8-c8ccccc8)CCC=C7)ccc65)c4)cc23)CC1. The Labute approximate surface area is 405 Å². The van der Waals surface area contributed by atoms with Gasteiger partial charge in [0.15, 0.2) is 0 Å². The second kappa shape index (κ2) is 15.3. The van der Waals surface area contributed by atoms with Crippen molar-refractivity contribution in [3.05, 3.63) is 241 Å². The minimum Gasteiger partial charge on any atom is -0.313 e. The summed E-state index contributed by atoms with van der Waals surface area (Å²) in [5.41, 5.74) is 22.4. The van der Waals surface area contributed by atoms with E-state index in [4.69, 9.17) is 0 Å². The summed E-state index contributed by atoms with van der Waals surface area (Å²) in [7, 11) is 0. The topological polar surface area (TPSA) is 19.7 Å². The minimum absolute atomic E-state index is 1.04. The lowest BCUT2D eigenvalue weighted by atomic mass is 9.98. The number of nitrogens with zero attached hydrogens (tertiary/aromatic N) is 4. The van der Waals surface area contributed by atoms with Crippen molar-refractivity contribution < 1.29 is 0 Å². The van der Waals surface area contributed by atoms with Crippen LogP contribution in [-0.2, 0) is 12.8 Å². The largest absolute Gasteiger partial charge is 0.313 e. The van der Waals surface area contributed by atoms with Crippen molar-refractivity contribution in [2.75, 3.05) is 0 Å². The Morgan fingerprint density at radius 1 is 0.257 bits per heavy atom. The van der Waals surface area contributed by atoms with E-state index in [9.17, 15) is 0 Å². The number of hydrogen-bond acceptors (Lipinski definition) is 0. The van der Waals surface area contributed by atoms with Crippen LogP contribution in [0.1, 0.15) is 35.4 Å². The van der Waals surface area contributed by atoms with Gasteiger partial charge in [0.25, 0.3) is 0 Å². The highest BCUT2D eigenvalue weighted by Gasteiger charge is 2.22. The van der Waals surface area contributed by atoms with E-state index in [-0.39, 0.29) is 0 Å². The third-order valence-electron chi connectivity index (χ3n) is 15.3. The van der Waals surface area contributed by atoms with E-state index in [1.165, 1.54) is 122 Å². The number of hydrogen-bond donors (Lipinski definition) is 0. The number of rotatable bonds is 6. The van der Waals surface area contributed by atoms with Crippen LogP contribution in [0.2, 0.25) is 0 Å². The Morgan fingerprint density at radius 2 is 0.614 bits per heavy atom. The first-order valence-corrected chi connectivity index (χ1v) is 24.7. The predicted octanol–water partition coefficient (Wildman–Crippen LogP) is 17.0. The van der Waals surface area contributed by atoms with Crippen LogP contribution in [0.5, 0.6) is 0 Å². The Kier molecular flexibility index (Phi) is 8.58. The number of allylic oxidation sites excluding steroid dienone is 2. The van der Waals surface area contributed by atoms with Crippen LogP contribution in [0.15, 0.2) is 218 Å². The number of benzene rings is 9. The van der Waals surface area contributed by atoms with E-state index in [0.717, 1.165) is 37.1 Å². The van der Waals surface area contributed by atoms with Gasteiger partial charge in [-0.05, 0) is 151 Å². The van der Waals surface area contributed by atoms with Crippen molar-refractivity contribution in [1.82, 2.24) is 18.3 Å². The van der Waals surface area contributed by atoms with E-state index < -0.39 is 0 Å². The average Bonchev–Trinajstić information content (AvgIpc) is 4.16. The Balaban J connectivity index is 0.838. The van der Waals surface area contributed by atoms with Crippen LogP contribution >= 0.6 is 0 Å². The molecule has 2 aliphatic rings. The highest BCUT2D eigenvalue weighted by Crippen LogP contribution is 2.42. The average molecular weight is 895 g/mol. The quantitative estimate of drug-likeness (QED) is 0.158. The van der Waals surface area contributed by atoms with Gasteiger partial charge in [-0.25, -0.2) is 0 Å². The standard InChI is InChI=1S/C66H46N4/c1-3-16-47(17-4-1)67-59-26-11-7-22-51(59)55-38-43(30-34-63(55)67)45-32-36-65-57(40-45)53-24-9-13-28-61(53)69(65)49-20-15-21-50(42-49)70-62-29-14-10-25-54(62)58-41-46(33-37-66(58)70)44-31-35-64-56(39-44)52-23-8-12-27-60(52)68(64)48-18-5-2-6-19-48/h1-10,13-25,28-42H,11-12,26-27H2. The normalized spacial score (nSPS) is 13.4. The van der Waals surface area contributed by atoms with E-state index in [1.807, 2.05) is 0 Å². The van der Waals surface area contributed by atoms with E-state index >= 15 is 0 Å². The smallest absolute Gasteiger partial charge is 0.0541 e. The molecule has 4 heterocycles. The zero-order valence-electron chi connectivity index (χ0n) is 38.6. The van der Waals surface area contributed by atoms with Crippen LogP contribution < -0.4 is 0 Å². The summed E-state index contributed by atoms with van der Waals surface area (Å²) in [4.78, 5) is 0. The molecule has 4 nitrogen and oxygen atoms in total. The summed E-state index contributed by atoms with van der Waals surface area (Å²) in [5.74, 6) is 0. The molecule has 330 valence electrons. The molecule has 0 aliphatic heterocycles. The summed E-state index contributed by atoms with van der Waals surface area (Å²) >= 11 is 0. The molecule has 0 radical (unpaired) electrons. The van der Waals surface area contributed by atoms with Gasteiger partial charge in [0.2, 0.25) is 0 Å². The van der Waals surface area contributed by atoms with Gasteiger partial charge in [-0.2, -0.15) is 0 Å². The molecule has 0 saturated carbocycles. The van der Waals surface area contributed by atoms with Crippen LogP contribution in [0.4, 0.5) is 0 Å². The molecule has 9 aromatic carbocycles. The summed E-state index contributed by atoms with van der Waals surface area (Å²) < 4.78 is 9.83. The third-order valence-corrected chi connectivity index (χ3v) is 15.3. The van der Waals surface area contributed by atoms with Gasteiger partial charge in [0.05, 0.1) is 33.1 Å². The second-order valence-electron chi connectivity index (χ2n) is 19.1. The first-order valence-electron chi connectivity index (χ1n) is 24.7. The maximum Gasteiger partial charge on any atom is 0.0541 e. The van der Waals surface area contributed by atoms with Crippen molar-refractivity contribution in [3.8, 4) is 45.0 Å². The predicted molar refractivity (Wildman–Crippen MR) is 294 cm³/mol. The maximum atomic E-state index is 2.47. The molecule has 0 spiro atoms. The fourth-order valence-electron chi connectivity index (χ4n) is 12.2. The molecule has 0 fully saturated rings. The van der Waals surface area contributed by atoms with Crippen LogP contribution in [-0.4, -0.2) is 18.3 Å². The Hall–Kier alpha value is -8.86. The van der Waals surface area contributed by atoms with Gasteiger partial charge in [-0.15, -0.1) is 0 Å². The van der Waals surface area contributed by atoms with Gasteiger partial charge < -0.3 is 18.3 Å². The molecule has 0 saturated heterocycles. The number of aromatic nitrogens is 4. The molecule has 4 aromatic heterocycles. The first-order chi connectivity index (χ1) is 34.7. The van der Waals surface area contributed by atoms with E-state index in [1.54, 1.807) is 0 Å². The number of para-hydroxylation sites is 4. The Bertz CT molecular complexity index is 4060.